The Balaban J connectivity index is 2.03. The number of nitrogen functional groups attached to an aromatic ring is 1. The van der Waals surface area contributed by atoms with Gasteiger partial charge in [0.2, 0.25) is 0 Å². The van der Waals surface area contributed by atoms with E-state index in [2.05, 4.69) is 5.10 Å². The minimum atomic E-state index is -0.489. The first kappa shape index (κ1) is 10.6. The van der Waals surface area contributed by atoms with Crippen molar-refractivity contribution in [1.82, 2.24) is 9.61 Å². The molecule has 3 aromatic rings. The molecule has 2 aromatic heterocycles. The fourth-order valence-corrected chi connectivity index (χ4v) is 1.73. The Morgan fingerprint density at radius 3 is 2.89 bits per heavy atom. The lowest BCUT2D eigenvalue weighted by Crippen LogP contribution is -1.94. The topological polar surface area (TPSA) is 52.5 Å². The fourth-order valence-electron chi connectivity index (χ4n) is 1.73. The molecular formula is C13H10FN3O. The summed E-state index contributed by atoms with van der Waals surface area (Å²) in [5, 5.41) is 4.10. The van der Waals surface area contributed by atoms with Crippen LogP contribution in [0.5, 0.6) is 11.5 Å². The molecule has 0 radical (unpaired) electrons. The normalized spacial score (nSPS) is 10.7. The van der Waals surface area contributed by atoms with Gasteiger partial charge in [0.05, 0.1) is 6.20 Å². The molecular weight excluding hydrogens is 233 g/mol. The Hall–Kier alpha value is -2.56. The van der Waals surface area contributed by atoms with Crippen LogP contribution < -0.4 is 10.5 Å². The number of halogens is 1. The number of aromatic nitrogens is 2. The van der Waals surface area contributed by atoms with Crippen molar-refractivity contribution in [2.45, 2.75) is 0 Å². The van der Waals surface area contributed by atoms with Crippen LogP contribution in [0.4, 0.5) is 10.1 Å². The molecule has 0 aliphatic rings. The highest BCUT2D eigenvalue weighted by Crippen LogP contribution is 2.28. The third-order valence-electron chi connectivity index (χ3n) is 2.57. The zero-order chi connectivity index (χ0) is 12.5. The maximum absolute atomic E-state index is 13.6. The molecule has 0 spiro atoms. The Morgan fingerprint density at radius 2 is 2.06 bits per heavy atom. The molecule has 90 valence electrons. The van der Waals surface area contributed by atoms with Crippen molar-refractivity contribution in [1.29, 1.82) is 0 Å². The molecule has 0 atom stereocenters. The lowest BCUT2D eigenvalue weighted by molar-refractivity contribution is 0.444. The van der Waals surface area contributed by atoms with E-state index in [4.69, 9.17) is 10.5 Å². The van der Waals surface area contributed by atoms with Crippen LogP contribution in [0.25, 0.3) is 5.52 Å². The van der Waals surface area contributed by atoms with E-state index in [1.165, 1.54) is 12.1 Å². The summed E-state index contributed by atoms with van der Waals surface area (Å²) in [5.74, 6) is 0.189. The zero-order valence-electron chi connectivity index (χ0n) is 9.38. The smallest absolute Gasteiger partial charge is 0.167 e. The Bertz CT molecular complexity index is 708. The van der Waals surface area contributed by atoms with E-state index in [9.17, 15) is 4.39 Å². The van der Waals surface area contributed by atoms with Crippen LogP contribution >= 0.6 is 0 Å². The average molecular weight is 243 g/mol. The number of ether oxygens (including phenoxy) is 1. The molecule has 18 heavy (non-hydrogen) atoms. The largest absolute Gasteiger partial charge is 0.452 e. The molecule has 0 bridgehead atoms. The van der Waals surface area contributed by atoms with E-state index >= 15 is 0 Å². The number of anilines is 1. The van der Waals surface area contributed by atoms with E-state index in [-0.39, 0.29) is 5.75 Å². The number of hydrogen-bond donors (Lipinski definition) is 1. The third-order valence-corrected chi connectivity index (χ3v) is 2.57. The molecule has 4 nitrogen and oxygen atoms in total. The maximum atomic E-state index is 13.6. The predicted molar refractivity (Wildman–Crippen MR) is 66.1 cm³/mol. The predicted octanol–water partition coefficient (Wildman–Crippen LogP) is 2.85. The summed E-state index contributed by atoms with van der Waals surface area (Å²) in [6.07, 6.45) is 3.39. The molecule has 2 heterocycles. The average Bonchev–Trinajstić information content (AvgIpc) is 2.82. The lowest BCUT2D eigenvalue weighted by Gasteiger charge is -2.08. The molecule has 0 fully saturated rings. The quantitative estimate of drug-likeness (QED) is 0.704. The van der Waals surface area contributed by atoms with Gasteiger partial charge in [-0.15, -0.1) is 0 Å². The monoisotopic (exact) mass is 243 g/mol. The van der Waals surface area contributed by atoms with Crippen molar-refractivity contribution >= 4 is 11.2 Å². The molecule has 3 rings (SSSR count). The Kier molecular flexibility index (Phi) is 2.37. The molecule has 0 aliphatic carbocycles. The highest BCUT2D eigenvalue weighted by atomic mass is 19.1. The summed E-state index contributed by atoms with van der Waals surface area (Å²) in [6.45, 7) is 0. The Labute approximate surface area is 102 Å². The van der Waals surface area contributed by atoms with Gasteiger partial charge in [-0.1, -0.05) is 0 Å². The van der Waals surface area contributed by atoms with E-state index in [1.54, 1.807) is 29.0 Å². The van der Waals surface area contributed by atoms with Crippen LogP contribution in [0.1, 0.15) is 0 Å². The summed E-state index contributed by atoms with van der Waals surface area (Å²) in [7, 11) is 0. The van der Waals surface area contributed by atoms with Crippen LogP contribution in [-0.4, -0.2) is 9.61 Å². The first-order chi connectivity index (χ1) is 8.74. The van der Waals surface area contributed by atoms with Crippen molar-refractivity contribution < 1.29 is 9.13 Å². The minimum absolute atomic E-state index is 0.138. The van der Waals surface area contributed by atoms with Gasteiger partial charge in [-0.05, 0) is 24.3 Å². The van der Waals surface area contributed by atoms with Crippen molar-refractivity contribution in [3.05, 3.63) is 54.6 Å². The van der Waals surface area contributed by atoms with Crippen LogP contribution in [0, 0.1) is 5.82 Å². The van der Waals surface area contributed by atoms with Crippen LogP contribution in [0.2, 0.25) is 0 Å². The lowest BCUT2D eigenvalue weighted by atomic mass is 10.3. The Morgan fingerprint density at radius 1 is 1.17 bits per heavy atom. The molecule has 2 N–H and O–H groups in total. The van der Waals surface area contributed by atoms with Gasteiger partial charge in [0.25, 0.3) is 0 Å². The number of nitrogens with zero attached hydrogens (tertiary/aromatic N) is 2. The second kappa shape index (κ2) is 4.03. The highest BCUT2D eigenvalue weighted by Gasteiger charge is 2.08. The van der Waals surface area contributed by atoms with Gasteiger partial charge in [-0.2, -0.15) is 5.10 Å². The summed E-state index contributed by atoms with van der Waals surface area (Å²) in [6, 6.07) is 9.70. The second-order valence-corrected chi connectivity index (χ2v) is 3.83. The minimum Gasteiger partial charge on any atom is -0.452 e. The molecule has 0 saturated heterocycles. The van der Waals surface area contributed by atoms with Gasteiger partial charge < -0.3 is 10.5 Å². The first-order valence-electron chi connectivity index (χ1n) is 5.39. The zero-order valence-corrected chi connectivity index (χ0v) is 9.38. The SMILES string of the molecule is Nc1ccc(Oc2ccnn3cccc23)c(F)c1. The second-order valence-electron chi connectivity index (χ2n) is 3.83. The number of nitrogens with two attached hydrogens (primary N) is 1. The van der Waals surface area contributed by atoms with Gasteiger partial charge in [-0.25, -0.2) is 8.91 Å². The molecule has 5 heteroatoms. The fraction of sp³-hybridized carbons (Fsp3) is 0. The molecule has 1 aromatic carbocycles. The van der Waals surface area contributed by atoms with E-state index in [0.717, 1.165) is 5.52 Å². The standard InChI is InChI=1S/C13H10FN3O/c14-10-8-9(15)3-4-12(10)18-13-5-6-16-17-7-1-2-11(13)17/h1-8H,15H2. The molecule has 0 unspecified atom stereocenters. The number of hydrogen-bond acceptors (Lipinski definition) is 3. The number of fused-ring (bicyclic) bond motifs is 1. The maximum Gasteiger partial charge on any atom is 0.167 e. The summed E-state index contributed by atoms with van der Waals surface area (Å²) < 4.78 is 20.8. The van der Waals surface area contributed by atoms with Crippen LogP contribution in [0.3, 0.4) is 0 Å². The molecule has 0 amide bonds. The van der Waals surface area contributed by atoms with Crippen molar-refractivity contribution in [2.24, 2.45) is 0 Å². The van der Waals surface area contributed by atoms with Gasteiger partial charge in [0.1, 0.15) is 5.52 Å². The summed E-state index contributed by atoms with van der Waals surface area (Å²) >= 11 is 0. The van der Waals surface area contributed by atoms with Crippen molar-refractivity contribution in [2.75, 3.05) is 5.73 Å². The van der Waals surface area contributed by atoms with Gasteiger partial charge >= 0.3 is 0 Å². The van der Waals surface area contributed by atoms with E-state index in [0.29, 0.717) is 11.4 Å². The van der Waals surface area contributed by atoms with Crippen LogP contribution in [0.15, 0.2) is 48.8 Å². The highest BCUT2D eigenvalue weighted by molar-refractivity contribution is 5.60. The van der Waals surface area contributed by atoms with E-state index in [1.807, 2.05) is 12.1 Å². The van der Waals surface area contributed by atoms with Gasteiger partial charge in [0, 0.05) is 24.0 Å². The molecule has 0 aliphatic heterocycles. The number of benzene rings is 1. The van der Waals surface area contributed by atoms with Crippen molar-refractivity contribution in [3.63, 3.8) is 0 Å². The van der Waals surface area contributed by atoms with E-state index < -0.39 is 5.82 Å². The van der Waals surface area contributed by atoms with Crippen molar-refractivity contribution in [3.8, 4) is 11.5 Å². The number of rotatable bonds is 2. The summed E-state index contributed by atoms with van der Waals surface area (Å²) in [5.41, 5.74) is 6.62. The van der Waals surface area contributed by atoms with Gasteiger partial charge in [-0.3, -0.25) is 0 Å². The summed E-state index contributed by atoms with van der Waals surface area (Å²) in [4.78, 5) is 0. The van der Waals surface area contributed by atoms with Crippen LogP contribution in [-0.2, 0) is 0 Å². The first-order valence-corrected chi connectivity index (χ1v) is 5.39. The third kappa shape index (κ3) is 1.75. The van der Waals surface area contributed by atoms with Gasteiger partial charge in [0.15, 0.2) is 17.3 Å². The molecule has 0 saturated carbocycles.